The van der Waals surface area contributed by atoms with Gasteiger partial charge in [-0.2, -0.15) is 0 Å². The third kappa shape index (κ3) is 5.96. The molecule has 188 valence electrons. The topological polar surface area (TPSA) is 81.5 Å². The number of ether oxygens (including phenoxy) is 1. The van der Waals surface area contributed by atoms with Crippen LogP contribution < -0.4 is 4.31 Å². The SMILES string of the molecule is CC(C)(C)OC(=O)CN(c1ccc2c(ccn2-c2cc(I)ccn2)c1)S(=O)(=O)c1cc(Cl)cc(Cl)c1. The summed E-state index contributed by atoms with van der Waals surface area (Å²) < 4.78 is 36.8. The maximum atomic E-state index is 13.7. The maximum absolute atomic E-state index is 13.7. The van der Waals surface area contributed by atoms with E-state index in [1.807, 2.05) is 29.0 Å². The van der Waals surface area contributed by atoms with Crippen molar-refractivity contribution >= 4 is 78.4 Å². The minimum absolute atomic E-state index is 0.135. The van der Waals surface area contributed by atoms with Crippen molar-refractivity contribution in [2.75, 3.05) is 10.8 Å². The Balaban J connectivity index is 1.81. The fourth-order valence-corrected chi connectivity index (χ4v) is 6.19. The lowest BCUT2D eigenvalue weighted by atomic mass is 10.2. The lowest BCUT2D eigenvalue weighted by molar-refractivity contribution is -0.152. The number of nitrogens with zero attached hydrogens (tertiary/aromatic N) is 3. The van der Waals surface area contributed by atoms with E-state index in [1.54, 1.807) is 45.2 Å². The van der Waals surface area contributed by atoms with E-state index in [4.69, 9.17) is 27.9 Å². The van der Waals surface area contributed by atoms with Crippen LogP contribution in [0.4, 0.5) is 5.69 Å². The summed E-state index contributed by atoms with van der Waals surface area (Å²) in [5.74, 6) is 0.0383. The first kappa shape index (κ1) is 26.7. The number of carbonyl (C=O) groups is 1. The molecule has 0 unspecified atom stereocenters. The van der Waals surface area contributed by atoms with Crippen molar-refractivity contribution in [3.8, 4) is 5.82 Å². The molecule has 0 aliphatic rings. The molecule has 0 amide bonds. The number of aromatic nitrogens is 2. The van der Waals surface area contributed by atoms with E-state index in [0.717, 1.165) is 24.6 Å². The van der Waals surface area contributed by atoms with Crippen molar-refractivity contribution in [1.82, 2.24) is 9.55 Å². The minimum Gasteiger partial charge on any atom is -0.459 e. The Morgan fingerprint density at radius 3 is 2.39 bits per heavy atom. The largest absolute Gasteiger partial charge is 0.459 e. The van der Waals surface area contributed by atoms with Gasteiger partial charge in [0, 0.05) is 31.4 Å². The predicted octanol–water partition coefficient (Wildman–Crippen LogP) is 6.47. The van der Waals surface area contributed by atoms with Gasteiger partial charge in [-0.25, -0.2) is 13.4 Å². The fourth-order valence-electron chi connectivity index (χ4n) is 3.62. The van der Waals surface area contributed by atoms with Gasteiger partial charge in [-0.05, 0) is 98.0 Å². The highest BCUT2D eigenvalue weighted by Crippen LogP contribution is 2.31. The van der Waals surface area contributed by atoms with E-state index < -0.39 is 28.1 Å². The number of rotatable bonds is 6. The van der Waals surface area contributed by atoms with E-state index >= 15 is 0 Å². The Bertz CT molecular complexity index is 1550. The Kier molecular flexibility index (Phi) is 7.57. The first-order valence-electron chi connectivity index (χ1n) is 10.8. The highest BCUT2D eigenvalue weighted by Gasteiger charge is 2.30. The number of benzene rings is 2. The zero-order chi connectivity index (χ0) is 26.3. The Labute approximate surface area is 233 Å². The average Bonchev–Trinajstić information content (AvgIpc) is 3.19. The molecule has 0 aliphatic heterocycles. The third-order valence-corrected chi connectivity index (χ3v) is 7.89. The fraction of sp³-hybridized carbons (Fsp3) is 0.200. The van der Waals surface area contributed by atoms with Gasteiger partial charge in [0.15, 0.2) is 0 Å². The molecule has 2 aromatic heterocycles. The first-order chi connectivity index (χ1) is 16.8. The third-order valence-electron chi connectivity index (χ3n) is 5.03. The quantitative estimate of drug-likeness (QED) is 0.175. The monoisotopic (exact) mass is 657 g/mol. The average molecular weight is 658 g/mol. The van der Waals surface area contributed by atoms with Crippen LogP contribution in [-0.4, -0.2) is 36.1 Å². The number of hydrogen-bond donors (Lipinski definition) is 0. The molecule has 0 fully saturated rings. The molecule has 36 heavy (non-hydrogen) atoms. The number of hydrogen-bond acceptors (Lipinski definition) is 5. The van der Waals surface area contributed by atoms with E-state index in [0.29, 0.717) is 0 Å². The molecule has 0 atom stereocenters. The minimum atomic E-state index is -4.23. The molecular weight excluding hydrogens is 636 g/mol. The smallest absolute Gasteiger partial charge is 0.327 e. The Morgan fingerprint density at radius 1 is 1.06 bits per heavy atom. The molecule has 0 saturated carbocycles. The molecule has 0 radical (unpaired) electrons. The summed E-state index contributed by atoms with van der Waals surface area (Å²) in [6, 6.07) is 14.8. The molecule has 0 aliphatic carbocycles. The normalized spacial score (nSPS) is 12.1. The molecule has 7 nitrogen and oxygen atoms in total. The van der Waals surface area contributed by atoms with Gasteiger partial charge in [0.25, 0.3) is 10.0 Å². The first-order valence-corrected chi connectivity index (χ1v) is 14.0. The van der Waals surface area contributed by atoms with Crippen LogP contribution >= 0.6 is 45.8 Å². The van der Waals surface area contributed by atoms with E-state index in [2.05, 4.69) is 27.6 Å². The van der Waals surface area contributed by atoms with E-state index in [-0.39, 0.29) is 20.6 Å². The second kappa shape index (κ2) is 10.2. The van der Waals surface area contributed by atoms with Crippen LogP contribution in [0.2, 0.25) is 10.0 Å². The highest BCUT2D eigenvalue weighted by atomic mass is 127. The Morgan fingerprint density at radius 2 is 1.75 bits per heavy atom. The van der Waals surface area contributed by atoms with Gasteiger partial charge < -0.3 is 9.30 Å². The Hall–Kier alpha value is -2.34. The molecular formula is C25H22Cl2IN3O4S. The molecule has 2 heterocycles. The summed E-state index contributed by atoms with van der Waals surface area (Å²) in [6.45, 7) is 4.62. The standard InChI is InChI=1S/C25H22Cl2IN3O4S/c1-25(2,3)35-24(32)15-31(36(33,34)21-12-17(26)11-18(27)13-21)20-4-5-22-16(10-20)7-9-30(22)23-14-19(28)6-8-29-23/h4-14H,15H2,1-3H3. The van der Waals surface area contributed by atoms with Gasteiger partial charge in [-0.3, -0.25) is 9.10 Å². The molecule has 4 rings (SSSR count). The molecule has 0 N–H and O–H groups in total. The van der Waals surface area contributed by atoms with Crippen molar-refractivity contribution in [3.63, 3.8) is 0 Å². The summed E-state index contributed by atoms with van der Waals surface area (Å²) in [4.78, 5) is 17.0. The van der Waals surface area contributed by atoms with Crippen LogP contribution in [0.25, 0.3) is 16.7 Å². The van der Waals surface area contributed by atoms with Crippen molar-refractivity contribution in [1.29, 1.82) is 0 Å². The maximum Gasteiger partial charge on any atom is 0.327 e. The lowest BCUT2D eigenvalue weighted by Gasteiger charge is -2.26. The van der Waals surface area contributed by atoms with Crippen molar-refractivity contribution in [2.24, 2.45) is 0 Å². The van der Waals surface area contributed by atoms with Crippen LogP contribution in [0.15, 0.2) is 71.9 Å². The number of esters is 1. The molecule has 0 saturated heterocycles. The van der Waals surface area contributed by atoms with Crippen molar-refractivity contribution < 1.29 is 17.9 Å². The highest BCUT2D eigenvalue weighted by molar-refractivity contribution is 14.1. The summed E-state index contributed by atoms with van der Waals surface area (Å²) in [5.41, 5.74) is 0.333. The van der Waals surface area contributed by atoms with Gasteiger partial charge in [0.2, 0.25) is 0 Å². The van der Waals surface area contributed by atoms with Gasteiger partial charge in [-0.15, -0.1) is 0 Å². The lowest BCUT2D eigenvalue weighted by Crippen LogP contribution is -2.39. The summed E-state index contributed by atoms with van der Waals surface area (Å²) >= 11 is 14.4. The van der Waals surface area contributed by atoms with Crippen LogP contribution in [0, 0.1) is 3.57 Å². The molecule has 4 aromatic rings. The second-order valence-corrected chi connectivity index (χ2v) is 12.9. The van der Waals surface area contributed by atoms with E-state index in [9.17, 15) is 13.2 Å². The molecule has 2 aromatic carbocycles. The van der Waals surface area contributed by atoms with Crippen LogP contribution in [-0.2, 0) is 19.6 Å². The van der Waals surface area contributed by atoms with Crippen LogP contribution in [0.3, 0.4) is 0 Å². The van der Waals surface area contributed by atoms with Crippen molar-refractivity contribution in [2.45, 2.75) is 31.3 Å². The zero-order valence-corrected chi connectivity index (χ0v) is 24.1. The number of halogens is 3. The molecule has 0 bridgehead atoms. The van der Waals surface area contributed by atoms with Gasteiger partial charge in [0.05, 0.1) is 16.1 Å². The molecule has 0 spiro atoms. The molecule has 11 heteroatoms. The predicted molar refractivity (Wildman–Crippen MR) is 151 cm³/mol. The van der Waals surface area contributed by atoms with Crippen molar-refractivity contribution in [3.05, 3.63) is 80.6 Å². The zero-order valence-electron chi connectivity index (χ0n) is 19.6. The van der Waals surface area contributed by atoms with Gasteiger partial charge >= 0.3 is 5.97 Å². The number of carbonyl (C=O) groups excluding carboxylic acids is 1. The van der Waals surface area contributed by atoms with Crippen LogP contribution in [0.5, 0.6) is 0 Å². The summed E-state index contributed by atoms with van der Waals surface area (Å²) in [6.07, 6.45) is 3.58. The number of anilines is 1. The summed E-state index contributed by atoms with van der Waals surface area (Å²) in [5, 5.41) is 1.09. The summed E-state index contributed by atoms with van der Waals surface area (Å²) in [7, 11) is -4.23. The second-order valence-electron chi connectivity index (χ2n) is 8.96. The van der Waals surface area contributed by atoms with Gasteiger partial charge in [-0.1, -0.05) is 23.2 Å². The van der Waals surface area contributed by atoms with Gasteiger partial charge in [0.1, 0.15) is 18.0 Å². The van der Waals surface area contributed by atoms with Crippen LogP contribution in [0.1, 0.15) is 20.8 Å². The number of sulfonamides is 1. The number of pyridine rings is 1. The van der Waals surface area contributed by atoms with E-state index in [1.165, 1.54) is 18.2 Å². The number of fused-ring (bicyclic) bond motifs is 1.